The fourth-order valence-corrected chi connectivity index (χ4v) is 1.93. The molecule has 108 valence electrons. The third-order valence-corrected chi connectivity index (χ3v) is 3.30. The van der Waals surface area contributed by atoms with Gasteiger partial charge in [-0.3, -0.25) is 0 Å². The second-order valence-corrected chi connectivity index (χ2v) is 5.17. The lowest BCUT2D eigenvalue weighted by atomic mass is 10.2. The van der Waals surface area contributed by atoms with Gasteiger partial charge in [0, 0.05) is 12.2 Å². The Morgan fingerprint density at radius 2 is 1.83 bits per heavy atom. The van der Waals surface area contributed by atoms with E-state index in [1.807, 2.05) is 0 Å². The van der Waals surface area contributed by atoms with Crippen molar-refractivity contribution < 1.29 is 31.4 Å². The van der Waals surface area contributed by atoms with Gasteiger partial charge < -0.3 is 9.47 Å². The molecular weight excluding hydrogens is 279 g/mol. The van der Waals surface area contributed by atoms with Gasteiger partial charge in [-0.25, -0.2) is 0 Å². The molecule has 1 fully saturated rings. The summed E-state index contributed by atoms with van der Waals surface area (Å²) in [6.45, 7) is 1.69. The highest BCUT2D eigenvalue weighted by molar-refractivity contribution is 7.99. The minimum Gasteiger partial charge on any atom is -0.378 e. The molecule has 18 heavy (non-hydrogen) atoms. The van der Waals surface area contributed by atoms with Crippen molar-refractivity contribution in [1.29, 1.82) is 0 Å². The Bertz CT molecular complexity index is 243. The van der Waals surface area contributed by atoms with Gasteiger partial charge in [-0.05, 0) is 12.2 Å². The van der Waals surface area contributed by atoms with Crippen LogP contribution in [0.15, 0.2) is 0 Å². The maximum absolute atomic E-state index is 12.5. The number of hydrogen-bond donors (Lipinski definition) is 0. The number of rotatable bonds is 9. The van der Waals surface area contributed by atoms with Crippen molar-refractivity contribution in [3.05, 3.63) is 0 Å². The molecule has 0 aromatic rings. The lowest BCUT2D eigenvalue weighted by molar-refractivity contribution is -0.284. The van der Waals surface area contributed by atoms with E-state index in [9.17, 15) is 22.0 Å². The molecule has 0 aromatic carbocycles. The smallest absolute Gasteiger partial charge is 0.378 e. The Balaban J connectivity index is 1.91. The van der Waals surface area contributed by atoms with Crippen molar-refractivity contribution in [3.63, 3.8) is 0 Å². The van der Waals surface area contributed by atoms with E-state index in [4.69, 9.17) is 9.47 Å². The minimum atomic E-state index is -5.44. The quantitative estimate of drug-likeness (QED) is 0.370. The lowest BCUT2D eigenvalue weighted by Crippen LogP contribution is -2.36. The second kappa shape index (κ2) is 6.91. The van der Waals surface area contributed by atoms with Crippen molar-refractivity contribution in [2.24, 2.45) is 0 Å². The van der Waals surface area contributed by atoms with E-state index < -0.39 is 18.5 Å². The van der Waals surface area contributed by atoms with Crippen LogP contribution in [0.5, 0.6) is 0 Å². The zero-order valence-corrected chi connectivity index (χ0v) is 10.5. The van der Waals surface area contributed by atoms with Gasteiger partial charge in [0.2, 0.25) is 0 Å². The minimum absolute atomic E-state index is 0.164. The van der Waals surface area contributed by atoms with E-state index in [0.29, 0.717) is 25.6 Å². The first kappa shape index (κ1) is 16.0. The summed E-state index contributed by atoms with van der Waals surface area (Å²) in [5.74, 6) is -3.72. The summed E-state index contributed by atoms with van der Waals surface area (Å²) in [7, 11) is 0. The van der Waals surface area contributed by atoms with Gasteiger partial charge in [-0.2, -0.15) is 33.7 Å². The van der Waals surface area contributed by atoms with Crippen LogP contribution in [0.2, 0.25) is 0 Å². The van der Waals surface area contributed by atoms with E-state index in [2.05, 4.69) is 0 Å². The molecule has 1 heterocycles. The molecule has 1 saturated heterocycles. The standard InChI is InChI=1S/C10H15F5O2S/c11-9(12,10(13,14)15)2-1-4-18-5-3-16-6-8-7-17-8/h8H,1-7H2. The number of epoxide rings is 1. The summed E-state index contributed by atoms with van der Waals surface area (Å²) >= 11 is 1.31. The molecule has 1 atom stereocenters. The Hall–Kier alpha value is -0.0800. The first-order chi connectivity index (χ1) is 8.33. The van der Waals surface area contributed by atoms with Gasteiger partial charge in [0.25, 0.3) is 0 Å². The van der Waals surface area contributed by atoms with Crippen LogP contribution >= 0.6 is 11.8 Å². The highest BCUT2D eigenvalue weighted by atomic mass is 32.2. The van der Waals surface area contributed by atoms with Crippen LogP contribution in [0, 0.1) is 0 Å². The fourth-order valence-electron chi connectivity index (χ4n) is 1.14. The molecule has 2 nitrogen and oxygen atoms in total. The van der Waals surface area contributed by atoms with Crippen LogP contribution < -0.4 is 0 Å². The van der Waals surface area contributed by atoms with Crippen LogP contribution in [0.4, 0.5) is 22.0 Å². The first-order valence-corrected chi connectivity index (χ1v) is 6.70. The largest absolute Gasteiger partial charge is 0.453 e. The Morgan fingerprint density at radius 1 is 1.17 bits per heavy atom. The molecule has 1 rings (SSSR count). The number of halogens is 5. The summed E-state index contributed by atoms with van der Waals surface area (Å²) in [5.41, 5.74) is 0. The molecule has 0 aromatic heterocycles. The first-order valence-electron chi connectivity index (χ1n) is 5.54. The third kappa shape index (κ3) is 6.19. The molecule has 0 bridgehead atoms. The summed E-state index contributed by atoms with van der Waals surface area (Å²) < 4.78 is 70.5. The van der Waals surface area contributed by atoms with Crippen molar-refractivity contribution in [2.45, 2.75) is 31.0 Å². The van der Waals surface area contributed by atoms with Crippen LogP contribution in [-0.4, -0.2) is 49.5 Å². The van der Waals surface area contributed by atoms with Crippen LogP contribution in [0.1, 0.15) is 12.8 Å². The number of hydrogen-bond acceptors (Lipinski definition) is 3. The van der Waals surface area contributed by atoms with Gasteiger partial charge in [0.05, 0.1) is 19.8 Å². The Labute approximate surface area is 106 Å². The maximum Gasteiger partial charge on any atom is 0.453 e. The van der Waals surface area contributed by atoms with Crippen molar-refractivity contribution in [1.82, 2.24) is 0 Å². The topological polar surface area (TPSA) is 21.8 Å². The van der Waals surface area contributed by atoms with Gasteiger partial charge in [-0.15, -0.1) is 0 Å². The molecule has 0 radical (unpaired) electrons. The van der Waals surface area contributed by atoms with Crippen LogP contribution in [0.3, 0.4) is 0 Å². The molecule has 8 heteroatoms. The molecule has 1 aliphatic rings. The molecule has 0 spiro atoms. The lowest BCUT2D eigenvalue weighted by Gasteiger charge is -2.19. The Kier molecular flexibility index (Phi) is 6.13. The van der Waals surface area contributed by atoms with E-state index >= 15 is 0 Å². The summed E-state index contributed by atoms with van der Waals surface area (Å²) in [5, 5.41) is 0. The van der Waals surface area contributed by atoms with Crippen molar-refractivity contribution >= 4 is 11.8 Å². The van der Waals surface area contributed by atoms with E-state index in [1.165, 1.54) is 11.8 Å². The number of alkyl halides is 5. The zero-order chi connectivity index (χ0) is 13.6. The molecular formula is C10H15F5O2S. The maximum atomic E-state index is 12.5. The van der Waals surface area contributed by atoms with Gasteiger partial charge in [0.15, 0.2) is 0 Å². The molecule has 0 amide bonds. The highest BCUT2D eigenvalue weighted by Crippen LogP contribution is 2.38. The SMILES string of the molecule is FC(F)(F)C(F)(F)CCCSCCOCC1CO1. The van der Waals surface area contributed by atoms with Gasteiger partial charge in [-0.1, -0.05) is 0 Å². The molecule has 0 N–H and O–H groups in total. The molecule has 1 aliphatic heterocycles. The average molecular weight is 294 g/mol. The monoisotopic (exact) mass is 294 g/mol. The zero-order valence-electron chi connectivity index (χ0n) is 9.64. The normalized spacial score (nSPS) is 20.2. The second-order valence-electron chi connectivity index (χ2n) is 3.95. The predicted molar refractivity (Wildman–Crippen MR) is 58.1 cm³/mol. The molecule has 0 saturated carbocycles. The molecule has 0 aliphatic carbocycles. The average Bonchev–Trinajstić information content (AvgIpc) is 3.04. The van der Waals surface area contributed by atoms with E-state index in [0.717, 1.165) is 0 Å². The molecule has 1 unspecified atom stereocenters. The van der Waals surface area contributed by atoms with E-state index in [1.54, 1.807) is 0 Å². The van der Waals surface area contributed by atoms with Gasteiger partial charge >= 0.3 is 12.1 Å². The summed E-state index contributed by atoms with van der Waals surface area (Å²) in [6, 6.07) is 0. The third-order valence-electron chi connectivity index (χ3n) is 2.27. The van der Waals surface area contributed by atoms with E-state index in [-0.39, 0.29) is 18.3 Å². The Morgan fingerprint density at radius 3 is 2.39 bits per heavy atom. The summed E-state index contributed by atoms with van der Waals surface area (Å²) in [4.78, 5) is 0. The fraction of sp³-hybridized carbons (Fsp3) is 1.00. The number of ether oxygens (including phenoxy) is 2. The summed E-state index contributed by atoms with van der Waals surface area (Å²) in [6.07, 6.45) is -6.57. The van der Waals surface area contributed by atoms with Crippen molar-refractivity contribution in [2.75, 3.05) is 31.3 Å². The van der Waals surface area contributed by atoms with Crippen LogP contribution in [-0.2, 0) is 9.47 Å². The van der Waals surface area contributed by atoms with Crippen LogP contribution in [0.25, 0.3) is 0 Å². The van der Waals surface area contributed by atoms with Gasteiger partial charge in [0.1, 0.15) is 6.10 Å². The predicted octanol–water partition coefficient (Wildman–Crippen LogP) is 3.11. The number of thioether (sulfide) groups is 1. The van der Waals surface area contributed by atoms with Crippen molar-refractivity contribution in [3.8, 4) is 0 Å². The highest BCUT2D eigenvalue weighted by Gasteiger charge is 2.56.